The van der Waals surface area contributed by atoms with Crippen molar-refractivity contribution in [3.8, 4) is 0 Å². The molecule has 0 aromatic carbocycles. The van der Waals surface area contributed by atoms with E-state index < -0.39 is 0 Å². The predicted molar refractivity (Wildman–Crippen MR) is 88.6 cm³/mol. The van der Waals surface area contributed by atoms with E-state index in [0.717, 1.165) is 32.2 Å². The number of aliphatic hydroxyl groups excluding tert-OH is 1. The molecule has 1 heterocycles. The second-order valence-corrected chi connectivity index (χ2v) is 6.44. The third-order valence-corrected chi connectivity index (χ3v) is 4.03. The summed E-state index contributed by atoms with van der Waals surface area (Å²) in [6.07, 6.45) is 4.85. The number of rotatable bonds is 10. The van der Waals surface area contributed by atoms with E-state index >= 15 is 0 Å². The molecular weight excluding hydrogens is 264 g/mol. The van der Waals surface area contributed by atoms with E-state index in [9.17, 15) is 0 Å². The monoisotopic (exact) mass is 298 g/mol. The summed E-state index contributed by atoms with van der Waals surface area (Å²) in [6, 6.07) is 0. The lowest BCUT2D eigenvalue weighted by Crippen LogP contribution is -2.48. The van der Waals surface area contributed by atoms with Gasteiger partial charge in [-0.1, -0.05) is 18.6 Å². The Labute approximate surface area is 130 Å². The highest BCUT2D eigenvalue weighted by atomic mass is 16.5. The van der Waals surface area contributed by atoms with E-state index in [0.29, 0.717) is 6.61 Å². The molecule has 124 valence electrons. The van der Waals surface area contributed by atoms with Gasteiger partial charge in [-0.15, -0.1) is 0 Å². The standard InChI is InChI=1S/C17H34N2O2/c1-16(2)5-4-6-17(3)15-19-9-7-18(8-10-19)11-13-21-14-12-20/h5,17,20H,4,6-15H2,1-3H3/t17-/m1/s1. The topological polar surface area (TPSA) is 35.9 Å². The van der Waals surface area contributed by atoms with Crippen molar-refractivity contribution in [2.45, 2.75) is 33.6 Å². The number of hydrogen-bond donors (Lipinski definition) is 1. The molecule has 4 nitrogen and oxygen atoms in total. The summed E-state index contributed by atoms with van der Waals surface area (Å²) in [5.74, 6) is 0.778. The van der Waals surface area contributed by atoms with Gasteiger partial charge in [0.1, 0.15) is 0 Å². The van der Waals surface area contributed by atoms with Crippen LogP contribution in [0, 0.1) is 5.92 Å². The van der Waals surface area contributed by atoms with E-state index in [4.69, 9.17) is 9.84 Å². The molecule has 0 radical (unpaired) electrons. The summed E-state index contributed by atoms with van der Waals surface area (Å²) in [5, 5.41) is 8.66. The van der Waals surface area contributed by atoms with Gasteiger partial charge in [0.25, 0.3) is 0 Å². The number of piperazine rings is 1. The molecule has 0 unspecified atom stereocenters. The van der Waals surface area contributed by atoms with Gasteiger partial charge in [0, 0.05) is 39.3 Å². The van der Waals surface area contributed by atoms with Crippen LogP contribution in [0.3, 0.4) is 0 Å². The molecule has 1 rings (SSSR count). The van der Waals surface area contributed by atoms with Crippen LogP contribution in [0.25, 0.3) is 0 Å². The molecular formula is C17H34N2O2. The quantitative estimate of drug-likeness (QED) is 0.494. The first kappa shape index (κ1) is 18.6. The maximum atomic E-state index is 8.66. The number of nitrogens with zero attached hydrogens (tertiary/aromatic N) is 2. The molecule has 0 aliphatic carbocycles. The Morgan fingerprint density at radius 2 is 1.81 bits per heavy atom. The van der Waals surface area contributed by atoms with Gasteiger partial charge >= 0.3 is 0 Å². The maximum Gasteiger partial charge on any atom is 0.0698 e. The van der Waals surface area contributed by atoms with E-state index in [2.05, 4.69) is 36.6 Å². The predicted octanol–water partition coefficient (Wildman–Crippen LogP) is 2.00. The molecule has 0 saturated carbocycles. The van der Waals surface area contributed by atoms with Crippen molar-refractivity contribution in [2.75, 3.05) is 59.1 Å². The average molecular weight is 298 g/mol. The van der Waals surface area contributed by atoms with E-state index in [-0.39, 0.29) is 6.61 Å². The largest absolute Gasteiger partial charge is 0.394 e. The van der Waals surface area contributed by atoms with Crippen molar-refractivity contribution in [3.05, 3.63) is 11.6 Å². The summed E-state index contributed by atoms with van der Waals surface area (Å²) in [7, 11) is 0. The summed E-state index contributed by atoms with van der Waals surface area (Å²) in [4.78, 5) is 5.06. The number of aliphatic hydroxyl groups is 1. The lowest BCUT2D eigenvalue weighted by molar-refractivity contribution is 0.0551. The lowest BCUT2D eigenvalue weighted by Gasteiger charge is -2.35. The molecule has 4 heteroatoms. The van der Waals surface area contributed by atoms with E-state index in [1.165, 1.54) is 38.0 Å². The van der Waals surface area contributed by atoms with Gasteiger partial charge in [0.05, 0.1) is 19.8 Å². The Morgan fingerprint density at radius 3 is 2.43 bits per heavy atom. The number of allylic oxidation sites excluding steroid dienone is 2. The van der Waals surface area contributed by atoms with Gasteiger partial charge in [0.2, 0.25) is 0 Å². The first-order chi connectivity index (χ1) is 10.1. The molecule has 1 N–H and O–H groups in total. The van der Waals surface area contributed by atoms with Gasteiger partial charge in [-0.3, -0.25) is 4.90 Å². The summed E-state index contributed by atoms with van der Waals surface area (Å²) in [5.41, 5.74) is 1.43. The molecule has 1 saturated heterocycles. The zero-order valence-corrected chi connectivity index (χ0v) is 14.2. The Morgan fingerprint density at radius 1 is 1.14 bits per heavy atom. The Kier molecular flexibility index (Phi) is 9.92. The fraction of sp³-hybridized carbons (Fsp3) is 0.882. The van der Waals surface area contributed by atoms with Gasteiger partial charge in [-0.05, 0) is 32.6 Å². The highest BCUT2D eigenvalue weighted by Crippen LogP contribution is 2.11. The van der Waals surface area contributed by atoms with Gasteiger partial charge in [-0.2, -0.15) is 0 Å². The van der Waals surface area contributed by atoms with Gasteiger partial charge < -0.3 is 14.7 Å². The van der Waals surface area contributed by atoms with Crippen LogP contribution in [-0.4, -0.2) is 74.0 Å². The normalized spacial score (nSPS) is 18.7. The van der Waals surface area contributed by atoms with Gasteiger partial charge in [0.15, 0.2) is 0 Å². The smallest absolute Gasteiger partial charge is 0.0698 e. The molecule has 0 aromatic heterocycles. The molecule has 1 aliphatic rings. The zero-order chi connectivity index (χ0) is 15.5. The summed E-state index contributed by atoms with van der Waals surface area (Å²) >= 11 is 0. The van der Waals surface area contributed by atoms with Crippen LogP contribution >= 0.6 is 0 Å². The molecule has 0 spiro atoms. The van der Waals surface area contributed by atoms with Crippen molar-refractivity contribution in [3.63, 3.8) is 0 Å². The molecule has 1 atom stereocenters. The first-order valence-corrected chi connectivity index (χ1v) is 8.38. The Bertz CT molecular complexity index is 283. The molecule has 0 bridgehead atoms. The van der Waals surface area contributed by atoms with Crippen molar-refractivity contribution in [1.82, 2.24) is 9.80 Å². The fourth-order valence-corrected chi connectivity index (χ4v) is 2.74. The fourth-order valence-electron chi connectivity index (χ4n) is 2.74. The minimum atomic E-state index is 0.123. The second-order valence-electron chi connectivity index (χ2n) is 6.44. The maximum absolute atomic E-state index is 8.66. The van der Waals surface area contributed by atoms with Crippen LogP contribution in [0.5, 0.6) is 0 Å². The minimum absolute atomic E-state index is 0.123. The van der Waals surface area contributed by atoms with Crippen LogP contribution in [0.4, 0.5) is 0 Å². The van der Waals surface area contributed by atoms with Crippen molar-refractivity contribution in [1.29, 1.82) is 0 Å². The second kappa shape index (κ2) is 11.2. The Hall–Kier alpha value is -0.420. The average Bonchev–Trinajstić information content (AvgIpc) is 2.45. The number of ether oxygens (including phenoxy) is 1. The summed E-state index contributed by atoms with van der Waals surface area (Å²) in [6.45, 7) is 14.9. The van der Waals surface area contributed by atoms with Crippen LogP contribution in [-0.2, 0) is 4.74 Å². The summed E-state index contributed by atoms with van der Waals surface area (Å²) < 4.78 is 5.33. The van der Waals surface area contributed by atoms with Crippen molar-refractivity contribution in [2.24, 2.45) is 5.92 Å². The number of hydrogen-bond acceptors (Lipinski definition) is 4. The zero-order valence-electron chi connectivity index (χ0n) is 14.2. The van der Waals surface area contributed by atoms with Crippen LogP contribution in [0.1, 0.15) is 33.6 Å². The first-order valence-electron chi connectivity index (χ1n) is 8.38. The van der Waals surface area contributed by atoms with Crippen molar-refractivity contribution >= 4 is 0 Å². The van der Waals surface area contributed by atoms with Crippen LogP contribution < -0.4 is 0 Å². The highest BCUT2D eigenvalue weighted by Gasteiger charge is 2.17. The van der Waals surface area contributed by atoms with Crippen LogP contribution in [0.2, 0.25) is 0 Å². The SMILES string of the molecule is CC(C)=CCC[C@@H](C)CN1CCN(CCOCCO)CC1. The molecule has 1 aliphatic heterocycles. The minimum Gasteiger partial charge on any atom is -0.394 e. The Balaban J connectivity index is 2.08. The molecule has 0 aromatic rings. The third kappa shape index (κ3) is 9.25. The van der Waals surface area contributed by atoms with Crippen molar-refractivity contribution < 1.29 is 9.84 Å². The van der Waals surface area contributed by atoms with E-state index in [1.54, 1.807) is 0 Å². The van der Waals surface area contributed by atoms with Crippen LogP contribution in [0.15, 0.2) is 11.6 Å². The third-order valence-electron chi connectivity index (χ3n) is 4.03. The highest BCUT2D eigenvalue weighted by molar-refractivity contribution is 4.92. The molecule has 21 heavy (non-hydrogen) atoms. The lowest BCUT2D eigenvalue weighted by atomic mass is 10.0. The molecule has 1 fully saturated rings. The van der Waals surface area contributed by atoms with Gasteiger partial charge in [-0.25, -0.2) is 0 Å². The van der Waals surface area contributed by atoms with E-state index in [1.807, 2.05) is 0 Å². The molecule has 0 amide bonds.